The Bertz CT molecular complexity index is 562. The van der Waals surface area contributed by atoms with Crippen molar-refractivity contribution in [3.63, 3.8) is 0 Å². The highest BCUT2D eigenvalue weighted by Crippen LogP contribution is 2.26. The van der Waals surface area contributed by atoms with Crippen LogP contribution in [0.15, 0.2) is 36.8 Å². The summed E-state index contributed by atoms with van der Waals surface area (Å²) in [5.74, 6) is 0.747. The molecule has 0 spiro atoms. The third-order valence-corrected chi connectivity index (χ3v) is 2.62. The summed E-state index contributed by atoms with van der Waals surface area (Å²) >= 11 is 2.03. The van der Waals surface area contributed by atoms with Crippen molar-refractivity contribution in [2.45, 2.75) is 0 Å². The van der Waals surface area contributed by atoms with Gasteiger partial charge in [0.2, 0.25) is 5.88 Å². The summed E-state index contributed by atoms with van der Waals surface area (Å²) in [5.41, 5.74) is -0.0217. The minimum Gasteiger partial charge on any atom is -0.438 e. The van der Waals surface area contributed by atoms with Crippen molar-refractivity contribution < 1.29 is 9.66 Å². The molecule has 0 bridgehead atoms. The Morgan fingerprint density at radius 2 is 2.24 bits per heavy atom. The summed E-state index contributed by atoms with van der Waals surface area (Å²) in [7, 11) is 0. The van der Waals surface area contributed by atoms with E-state index in [0.29, 0.717) is 11.6 Å². The maximum absolute atomic E-state index is 10.6. The van der Waals surface area contributed by atoms with Crippen molar-refractivity contribution in [2.75, 3.05) is 0 Å². The van der Waals surface area contributed by atoms with Crippen LogP contribution in [0.25, 0.3) is 0 Å². The molecular weight excluding hydrogens is 337 g/mol. The number of rotatable bonds is 3. The van der Waals surface area contributed by atoms with E-state index >= 15 is 0 Å². The van der Waals surface area contributed by atoms with Crippen LogP contribution in [-0.2, 0) is 0 Å². The Hall–Kier alpha value is -1.77. The van der Waals surface area contributed by atoms with Crippen LogP contribution in [-0.4, -0.2) is 14.9 Å². The molecule has 0 saturated heterocycles. The van der Waals surface area contributed by atoms with Gasteiger partial charge in [-0.1, -0.05) is 6.07 Å². The monoisotopic (exact) mass is 343 g/mol. The Morgan fingerprint density at radius 1 is 1.41 bits per heavy atom. The lowest BCUT2D eigenvalue weighted by atomic mass is 10.3. The number of halogens is 1. The molecule has 2 aromatic rings. The van der Waals surface area contributed by atoms with E-state index in [2.05, 4.69) is 9.97 Å². The Kier molecular flexibility index (Phi) is 3.47. The molecule has 0 aliphatic heterocycles. The summed E-state index contributed by atoms with van der Waals surface area (Å²) in [6.45, 7) is 0. The van der Waals surface area contributed by atoms with Gasteiger partial charge in [0, 0.05) is 12.3 Å². The van der Waals surface area contributed by atoms with E-state index in [1.165, 1.54) is 18.5 Å². The van der Waals surface area contributed by atoms with Gasteiger partial charge in [-0.3, -0.25) is 10.1 Å². The van der Waals surface area contributed by atoms with Crippen molar-refractivity contribution in [1.29, 1.82) is 0 Å². The quantitative estimate of drug-likeness (QED) is 0.487. The third kappa shape index (κ3) is 2.87. The second-order valence-corrected chi connectivity index (χ2v) is 4.19. The highest BCUT2D eigenvalue weighted by molar-refractivity contribution is 14.1. The Labute approximate surface area is 110 Å². The molecule has 1 aromatic carbocycles. The molecule has 0 aliphatic carbocycles. The van der Waals surface area contributed by atoms with Crippen LogP contribution in [0.4, 0.5) is 5.69 Å². The molecular formula is C10H6IN3O3. The number of non-ortho nitro benzene ring substituents is 1. The summed E-state index contributed by atoms with van der Waals surface area (Å²) < 4.78 is 6.17. The minimum absolute atomic E-state index is 0.0217. The average molecular weight is 343 g/mol. The molecule has 0 aliphatic rings. The SMILES string of the molecule is O=[N+]([O-])c1cccc(Oc2ncncc2I)c1. The maximum Gasteiger partial charge on any atom is 0.273 e. The van der Waals surface area contributed by atoms with Gasteiger partial charge in [0.05, 0.1) is 14.6 Å². The fraction of sp³-hybridized carbons (Fsp3) is 0. The average Bonchev–Trinajstić information content (AvgIpc) is 2.32. The van der Waals surface area contributed by atoms with Crippen LogP contribution in [0.5, 0.6) is 11.6 Å². The van der Waals surface area contributed by atoms with Gasteiger partial charge >= 0.3 is 0 Å². The molecule has 6 nitrogen and oxygen atoms in total. The van der Waals surface area contributed by atoms with Crippen molar-refractivity contribution in [3.8, 4) is 11.6 Å². The van der Waals surface area contributed by atoms with Gasteiger partial charge in [0.1, 0.15) is 12.1 Å². The molecule has 0 radical (unpaired) electrons. The topological polar surface area (TPSA) is 78.2 Å². The zero-order chi connectivity index (χ0) is 12.3. The van der Waals surface area contributed by atoms with Gasteiger partial charge in [-0.25, -0.2) is 9.97 Å². The predicted molar refractivity (Wildman–Crippen MR) is 67.9 cm³/mol. The minimum atomic E-state index is -0.474. The van der Waals surface area contributed by atoms with Crippen molar-refractivity contribution in [1.82, 2.24) is 9.97 Å². The van der Waals surface area contributed by atoms with E-state index in [-0.39, 0.29) is 5.69 Å². The fourth-order valence-corrected chi connectivity index (χ4v) is 1.56. The number of hydrogen-bond acceptors (Lipinski definition) is 5. The molecule has 0 amide bonds. The summed E-state index contributed by atoms with van der Waals surface area (Å²) in [6, 6.07) is 5.93. The summed E-state index contributed by atoms with van der Waals surface area (Å²) in [5, 5.41) is 10.6. The van der Waals surface area contributed by atoms with Crippen LogP contribution in [0.1, 0.15) is 0 Å². The number of nitro benzene ring substituents is 1. The zero-order valence-electron chi connectivity index (χ0n) is 8.41. The second-order valence-electron chi connectivity index (χ2n) is 3.03. The number of nitrogens with zero attached hydrogens (tertiary/aromatic N) is 3. The fourth-order valence-electron chi connectivity index (χ4n) is 1.15. The summed E-state index contributed by atoms with van der Waals surface area (Å²) in [6.07, 6.45) is 2.95. The Balaban J connectivity index is 2.28. The molecule has 1 heterocycles. The molecule has 86 valence electrons. The number of hydrogen-bond donors (Lipinski definition) is 0. The normalized spacial score (nSPS) is 9.94. The molecule has 0 atom stereocenters. The third-order valence-electron chi connectivity index (χ3n) is 1.88. The lowest BCUT2D eigenvalue weighted by Crippen LogP contribution is -1.93. The molecule has 17 heavy (non-hydrogen) atoms. The number of benzene rings is 1. The number of ether oxygens (including phenoxy) is 1. The van der Waals surface area contributed by atoms with Crippen molar-refractivity contribution in [3.05, 3.63) is 50.5 Å². The van der Waals surface area contributed by atoms with E-state index < -0.39 is 4.92 Å². The molecule has 1 aromatic heterocycles. The molecule has 0 N–H and O–H groups in total. The first-order chi connectivity index (χ1) is 8.16. The van der Waals surface area contributed by atoms with Crippen molar-refractivity contribution in [2.24, 2.45) is 0 Å². The maximum atomic E-state index is 10.6. The van der Waals surface area contributed by atoms with Gasteiger partial charge in [0.15, 0.2) is 0 Å². The van der Waals surface area contributed by atoms with E-state index in [1.807, 2.05) is 22.6 Å². The molecule has 2 rings (SSSR count). The van der Waals surface area contributed by atoms with E-state index in [1.54, 1.807) is 18.3 Å². The second kappa shape index (κ2) is 5.04. The summed E-state index contributed by atoms with van der Waals surface area (Å²) in [4.78, 5) is 17.9. The van der Waals surface area contributed by atoms with Gasteiger partial charge in [-0.15, -0.1) is 0 Å². The van der Waals surface area contributed by atoms with E-state index in [0.717, 1.165) is 3.57 Å². The van der Waals surface area contributed by atoms with Crippen LogP contribution in [0, 0.1) is 13.7 Å². The lowest BCUT2D eigenvalue weighted by Gasteiger charge is -2.05. The first-order valence-corrected chi connectivity index (χ1v) is 5.62. The van der Waals surface area contributed by atoms with Gasteiger partial charge in [0.25, 0.3) is 5.69 Å². The van der Waals surface area contributed by atoms with E-state index in [9.17, 15) is 10.1 Å². The molecule has 7 heteroatoms. The zero-order valence-corrected chi connectivity index (χ0v) is 10.6. The standard InChI is InChI=1S/C10H6IN3O3/c11-9-5-12-6-13-10(9)17-8-3-1-2-7(4-8)14(15)16/h1-6H. The number of aromatic nitrogens is 2. The predicted octanol–water partition coefficient (Wildman–Crippen LogP) is 2.78. The van der Waals surface area contributed by atoms with Crippen LogP contribution in [0.2, 0.25) is 0 Å². The molecule has 0 saturated carbocycles. The smallest absolute Gasteiger partial charge is 0.273 e. The van der Waals surface area contributed by atoms with Crippen LogP contribution in [0.3, 0.4) is 0 Å². The Morgan fingerprint density at radius 3 is 2.94 bits per heavy atom. The highest BCUT2D eigenvalue weighted by atomic mass is 127. The number of nitro groups is 1. The van der Waals surface area contributed by atoms with Gasteiger partial charge < -0.3 is 4.74 Å². The lowest BCUT2D eigenvalue weighted by molar-refractivity contribution is -0.384. The van der Waals surface area contributed by atoms with Crippen LogP contribution >= 0.6 is 22.6 Å². The first kappa shape index (κ1) is 11.7. The molecule has 0 fully saturated rings. The largest absolute Gasteiger partial charge is 0.438 e. The van der Waals surface area contributed by atoms with Crippen LogP contribution < -0.4 is 4.74 Å². The van der Waals surface area contributed by atoms with E-state index in [4.69, 9.17) is 4.74 Å². The van der Waals surface area contributed by atoms with Gasteiger partial charge in [-0.05, 0) is 28.7 Å². The highest BCUT2D eigenvalue weighted by Gasteiger charge is 2.09. The van der Waals surface area contributed by atoms with Crippen molar-refractivity contribution >= 4 is 28.3 Å². The molecule has 0 unspecified atom stereocenters. The van der Waals surface area contributed by atoms with Gasteiger partial charge in [-0.2, -0.15) is 0 Å². The first-order valence-electron chi connectivity index (χ1n) is 4.54.